The van der Waals surface area contributed by atoms with Gasteiger partial charge in [0, 0.05) is 43.1 Å². The Balaban J connectivity index is 1.53. The van der Waals surface area contributed by atoms with Crippen molar-refractivity contribution in [1.29, 1.82) is 0 Å². The highest BCUT2D eigenvalue weighted by Crippen LogP contribution is 2.34. The van der Waals surface area contributed by atoms with E-state index in [0.29, 0.717) is 28.8 Å². The predicted octanol–water partition coefficient (Wildman–Crippen LogP) is 2.80. The van der Waals surface area contributed by atoms with E-state index in [1.807, 2.05) is 32.0 Å². The zero-order valence-electron chi connectivity index (χ0n) is 23.5. The van der Waals surface area contributed by atoms with E-state index < -0.39 is 0 Å². The molecular weight excluding hydrogens is 510 g/mol. The molecule has 3 aromatic heterocycles. The molecule has 0 radical (unpaired) electrons. The second-order valence-corrected chi connectivity index (χ2v) is 10.4. The Morgan fingerprint density at radius 1 is 1.23 bits per heavy atom. The number of methoxy groups -OCH3 is 1. The topological polar surface area (TPSA) is 115 Å². The molecule has 1 saturated heterocycles. The molecule has 12 nitrogen and oxygen atoms in total. The standard InChI is InChI=1S/C28H35N9O3/c1-7-13-35-27(39)21-16-29-28(31-26(21)37(35)24-10-11-25(38)36(32-24)18(2)3)30-19-8-9-22(23(15-19)40-6)34-14-12-20(17-34)33(4)5/h7-11,15-16,18,20H,1,12-14,17H2,2-6H3,(H,29,30,31)/t20-/m0/s1. The SMILES string of the molecule is C=CCn1c(=O)c2cnc(Nc3ccc(N4CC[C@H](N(C)C)C4)c(OC)c3)nc2n1-c1ccc(=O)n(C(C)C)n1. The summed E-state index contributed by atoms with van der Waals surface area (Å²) in [5.74, 6) is 1.44. The predicted molar refractivity (Wildman–Crippen MR) is 156 cm³/mol. The fraction of sp³-hybridized carbons (Fsp3) is 0.393. The van der Waals surface area contributed by atoms with Gasteiger partial charge in [0.05, 0.1) is 25.4 Å². The number of anilines is 3. The van der Waals surface area contributed by atoms with E-state index in [1.165, 1.54) is 21.6 Å². The summed E-state index contributed by atoms with van der Waals surface area (Å²) in [7, 11) is 5.88. The van der Waals surface area contributed by atoms with E-state index in [4.69, 9.17) is 9.72 Å². The Morgan fingerprint density at radius 2 is 2.02 bits per heavy atom. The van der Waals surface area contributed by atoms with Crippen molar-refractivity contribution in [2.75, 3.05) is 44.5 Å². The Kier molecular flexibility index (Phi) is 7.44. The molecule has 5 rings (SSSR count). The number of benzene rings is 1. The first-order chi connectivity index (χ1) is 19.2. The Bertz CT molecular complexity index is 1670. The summed E-state index contributed by atoms with van der Waals surface area (Å²) in [5, 5.41) is 8.09. The van der Waals surface area contributed by atoms with Gasteiger partial charge in [0.15, 0.2) is 11.5 Å². The van der Waals surface area contributed by atoms with Crippen LogP contribution in [0, 0.1) is 0 Å². The van der Waals surface area contributed by atoms with Crippen LogP contribution in [0.4, 0.5) is 17.3 Å². The lowest BCUT2D eigenvalue weighted by atomic mass is 10.2. The van der Waals surface area contributed by atoms with Gasteiger partial charge in [0.25, 0.3) is 11.1 Å². The maximum atomic E-state index is 13.3. The molecule has 0 bridgehead atoms. The van der Waals surface area contributed by atoms with Crippen LogP contribution in [-0.4, -0.2) is 74.3 Å². The highest BCUT2D eigenvalue weighted by atomic mass is 16.5. The normalized spacial score (nSPS) is 15.4. The Labute approximate surface area is 232 Å². The largest absolute Gasteiger partial charge is 0.495 e. The first-order valence-electron chi connectivity index (χ1n) is 13.3. The van der Waals surface area contributed by atoms with Gasteiger partial charge in [-0.15, -0.1) is 11.7 Å². The number of hydrogen-bond donors (Lipinski definition) is 1. The van der Waals surface area contributed by atoms with Crippen molar-refractivity contribution in [3.05, 3.63) is 69.9 Å². The van der Waals surface area contributed by atoms with E-state index in [9.17, 15) is 9.59 Å². The second kappa shape index (κ2) is 11.0. The molecule has 4 aromatic rings. The summed E-state index contributed by atoms with van der Waals surface area (Å²) in [4.78, 5) is 39.3. The maximum absolute atomic E-state index is 13.3. The molecular formula is C28H35N9O3. The summed E-state index contributed by atoms with van der Waals surface area (Å²) in [6.45, 7) is 9.65. The van der Waals surface area contributed by atoms with Gasteiger partial charge in [-0.05, 0) is 52.6 Å². The van der Waals surface area contributed by atoms with Crippen molar-refractivity contribution in [3.8, 4) is 11.6 Å². The fourth-order valence-corrected chi connectivity index (χ4v) is 5.03. The summed E-state index contributed by atoms with van der Waals surface area (Å²) in [6, 6.07) is 9.28. The van der Waals surface area contributed by atoms with Crippen LogP contribution < -0.4 is 26.1 Å². The van der Waals surface area contributed by atoms with Crippen LogP contribution in [0.2, 0.25) is 0 Å². The first kappa shape index (κ1) is 27.1. The van der Waals surface area contributed by atoms with Crippen molar-refractivity contribution in [2.24, 2.45) is 0 Å². The van der Waals surface area contributed by atoms with Gasteiger partial charge in [-0.1, -0.05) is 6.08 Å². The molecule has 0 aliphatic carbocycles. The average molecular weight is 546 g/mol. The number of nitrogens with zero attached hydrogens (tertiary/aromatic N) is 8. The quantitative estimate of drug-likeness (QED) is 0.317. The molecule has 1 atom stereocenters. The van der Waals surface area contributed by atoms with Crippen LogP contribution in [0.1, 0.15) is 26.3 Å². The lowest BCUT2D eigenvalue weighted by molar-refractivity contribution is 0.315. The maximum Gasteiger partial charge on any atom is 0.278 e. The van der Waals surface area contributed by atoms with Crippen molar-refractivity contribution >= 4 is 28.4 Å². The monoisotopic (exact) mass is 545 g/mol. The van der Waals surface area contributed by atoms with Crippen LogP contribution in [-0.2, 0) is 6.54 Å². The van der Waals surface area contributed by atoms with E-state index in [-0.39, 0.29) is 23.7 Å². The number of likely N-dealkylation sites (N-methyl/N-ethyl adjacent to an activating group) is 1. The van der Waals surface area contributed by atoms with Gasteiger partial charge in [0.2, 0.25) is 5.95 Å². The van der Waals surface area contributed by atoms with Gasteiger partial charge in [-0.2, -0.15) is 4.98 Å². The van der Waals surface area contributed by atoms with Crippen LogP contribution >= 0.6 is 0 Å². The first-order valence-corrected chi connectivity index (χ1v) is 13.3. The van der Waals surface area contributed by atoms with Crippen LogP contribution in [0.5, 0.6) is 5.75 Å². The third-order valence-electron chi connectivity index (χ3n) is 7.16. The Hall–Kier alpha value is -4.45. The average Bonchev–Trinajstić information content (AvgIpc) is 3.53. The molecule has 1 aliphatic heterocycles. The number of fused-ring (bicyclic) bond motifs is 1. The minimum atomic E-state index is -0.279. The van der Waals surface area contributed by atoms with Crippen LogP contribution in [0.25, 0.3) is 16.9 Å². The van der Waals surface area contributed by atoms with E-state index in [2.05, 4.69) is 45.9 Å². The van der Waals surface area contributed by atoms with Gasteiger partial charge < -0.3 is 19.9 Å². The molecule has 12 heteroatoms. The smallest absolute Gasteiger partial charge is 0.278 e. The van der Waals surface area contributed by atoms with E-state index >= 15 is 0 Å². The van der Waals surface area contributed by atoms with Crippen molar-refractivity contribution in [1.82, 2.24) is 34.0 Å². The molecule has 1 aliphatic rings. The number of rotatable bonds is 9. The Morgan fingerprint density at radius 3 is 2.70 bits per heavy atom. The number of allylic oxidation sites excluding steroid dienone is 1. The van der Waals surface area contributed by atoms with E-state index in [1.54, 1.807) is 23.9 Å². The summed E-state index contributed by atoms with van der Waals surface area (Å²) < 4.78 is 10.2. The third-order valence-corrected chi connectivity index (χ3v) is 7.16. The van der Waals surface area contributed by atoms with Gasteiger partial charge >= 0.3 is 0 Å². The fourth-order valence-electron chi connectivity index (χ4n) is 5.03. The number of nitrogens with one attached hydrogen (secondary N) is 1. The lowest BCUT2D eigenvalue weighted by Gasteiger charge is -2.23. The molecule has 4 heterocycles. The van der Waals surface area contributed by atoms with Gasteiger partial charge in [0.1, 0.15) is 11.1 Å². The molecule has 0 saturated carbocycles. The molecule has 1 N–H and O–H groups in total. The molecule has 1 aromatic carbocycles. The summed E-state index contributed by atoms with van der Waals surface area (Å²) in [6.07, 6.45) is 4.22. The molecule has 0 amide bonds. The minimum absolute atomic E-state index is 0.159. The van der Waals surface area contributed by atoms with Crippen molar-refractivity contribution < 1.29 is 4.74 Å². The summed E-state index contributed by atoms with van der Waals surface area (Å²) in [5.41, 5.74) is 1.64. The molecule has 0 spiro atoms. The second-order valence-electron chi connectivity index (χ2n) is 10.4. The van der Waals surface area contributed by atoms with E-state index in [0.717, 1.165) is 36.6 Å². The van der Waals surface area contributed by atoms with Crippen molar-refractivity contribution in [3.63, 3.8) is 0 Å². The van der Waals surface area contributed by atoms with Crippen LogP contribution in [0.15, 0.2) is 58.8 Å². The zero-order valence-corrected chi connectivity index (χ0v) is 23.5. The van der Waals surface area contributed by atoms with Gasteiger partial charge in [-0.25, -0.2) is 19.0 Å². The molecule has 0 unspecified atom stereocenters. The molecule has 1 fully saturated rings. The highest BCUT2D eigenvalue weighted by molar-refractivity contribution is 5.77. The highest BCUT2D eigenvalue weighted by Gasteiger charge is 2.26. The number of ether oxygens (including phenoxy) is 1. The number of aromatic nitrogens is 6. The number of hydrogen-bond acceptors (Lipinski definition) is 9. The molecule has 210 valence electrons. The third kappa shape index (κ3) is 4.97. The lowest BCUT2D eigenvalue weighted by Crippen LogP contribution is -2.31. The van der Waals surface area contributed by atoms with Gasteiger partial charge in [-0.3, -0.25) is 9.59 Å². The molecule has 40 heavy (non-hydrogen) atoms. The summed E-state index contributed by atoms with van der Waals surface area (Å²) >= 11 is 0. The van der Waals surface area contributed by atoms with Crippen LogP contribution in [0.3, 0.4) is 0 Å². The minimum Gasteiger partial charge on any atom is -0.495 e. The van der Waals surface area contributed by atoms with Crippen molar-refractivity contribution in [2.45, 2.75) is 38.9 Å². The zero-order chi connectivity index (χ0) is 28.6.